The molecule has 3 aromatic rings. The summed E-state index contributed by atoms with van der Waals surface area (Å²) in [5.41, 5.74) is 2.32. The Morgan fingerprint density at radius 3 is 2.36 bits per heavy atom. The Bertz CT molecular complexity index is 1140. The minimum atomic E-state index is 0.000379. The lowest BCUT2D eigenvalue weighted by molar-refractivity contribution is -0.131. The molecule has 0 atom stereocenters. The average molecular weight is 444 g/mol. The first-order valence-corrected chi connectivity index (χ1v) is 11.0. The van der Waals surface area contributed by atoms with Gasteiger partial charge in [-0.25, -0.2) is 0 Å². The summed E-state index contributed by atoms with van der Waals surface area (Å²) in [6.45, 7) is 2.79. The van der Waals surface area contributed by atoms with Gasteiger partial charge in [-0.15, -0.1) is 10.2 Å². The number of hydrogen-bond acceptors (Lipinski definition) is 7. The van der Waals surface area contributed by atoms with Gasteiger partial charge in [-0.1, -0.05) is 30.3 Å². The first kappa shape index (κ1) is 20.9. The molecule has 33 heavy (non-hydrogen) atoms. The van der Waals surface area contributed by atoms with Crippen LogP contribution in [0.15, 0.2) is 60.7 Å². The molecular formula is C25H24N4O4. The van der Waals surface area contributed by atoms with Crippen molar-refractivity contribution in [3.8, 4) is 22.8 Å². The van der Waals surface area contributed by atoms with Crippen molar-refractivity contribution in [2.24, 2.45) is 0 Å². The summed E-state index contributed by atoms with van der Waals surface area (Å²) < 4.78 is 10.8. The van der Waals surface area contributed by atoms with Crippen molar-refractivity contribution in [1.29, 1.82) is 0 Å². The summed E-state index contributed by atoms with van der Waals surface area (Å²) in [7, 11) is 0. The minimum absolute atomic E-state index is 0.000379. The fraction of sp³-hybridized carbons (Fsp3) is 0.280. The molecule has 2 aromatic carbocycles. The lowest BCUT2D eigenvalue weighted by atomic mass is 10.1. The van der Waals surface area contributed by atoms with Crippen LogP contribution in [0.4, 0.5) is 5.82 Å². The van der Waals surface area contributed by atoms with E-state index >= 15 is 0 Å². The van der Waals surface area contributed by atoms with Gasteiger partial charge < -0.3 is 19.3 Å². The van der Waals surface area contributed by atoms with Crippen LogP contribution in [0.5, 0.6) is 11.5 Å². The number of ketones is 1. The lowest BCUT2D eigenvalue weighted by Gasteiger charge is -2.35. The van der Waals surface area contributed by atoms with Crippen LogP contribution in [-0.2, 0) is 4.79 Å². The largest absolute Gasteiger partial charge is 0.454 e. The first-order chi connectivity index (χ1) is 16.2. The standard InChI is InChI=1S/C25H24N4O4/c30-21(18-4-2-1-3-5-18)8-11-25(31)29-14-12-28(13-15-29)24-10-7-20(26-27-24)19-6-9-22-23(16-19)33-17-32-22/h1-7,9-10,16H,8,11-15,17H2. The van der Waals surface area contributed by atoms with Crippen LogP contribution in [-0.4, -0.2) is 59.8 Å². The number of nitrogens with zero attached hydrogens (tertiary/aromatic N) is 4. The Labute approximate surface area is 191 Å². The second kappa shape index (κ2) is 9.28. The third-order valence-electron chi connectivity index (χ3n) is 5.94. The van der Waals surface area contributed by atoms with Crippen LogP contribution in [0.3, 0.4) is 0 Å². The van der Waals surface area contributed by atoms with Crippen molar-refractivity contribution in [3.05, 3.63) is 66.2 Å². The van der Waals surface area contributed by atoms with Gasteiger partial charge in [0, 0.05) is 50.1 Å². The molecular weight excluding hydrogens is 420 g/mol. The molecule has 1 amide bonds. The Kier molecular flexibility index (Phi) is 5.89. The number of hydrogen-bond donors (Lipinski definition) is 0. The van der Waals surface area contributed by atoms with E-state index in [2.05, 4.69) is 15.1 Å². The SMILES string of the molecule is O=C(CCC(=O)N1CCN(c2ccc(-c3ccc4c(c3)OCO4)nn2)CC1)c1ccccc1. The molecule has 1 aromatic heterocycles. The second-order valence-corrected chi connectivity index (χ2v) is 8.00. The number of carbonyl (C=O) groups is 2. The Morgan fingerprint density at radius 2 is 1.61 bits per heavy atom. The van der Waals surface area contributed by atoms with Gasteiger partial charge in [0.2, 0.25) is 12.7 Å². The Morgan fingerprint density at radius 1 is 0.818 bits per heavy atom. The normalized spacial score (nSPS) is 14.9. The van der Waals surface area contributed by atoms with Gasteiger partial charge in [0.25, 0.3) is 0 Å². The van der Waals surface area contributed by atoms with Crippen molar-refractivity contribution in [2.45, 2.75) is 12.8 Å². The van der Waals surface area contributed by atoms with Crippen LogP contribution >= 0.6 is 0 Å². The van der Waals surface area contributed by atoms with Crippen molar-refractivity contribution in [1.82, 2.24) is 15.1 Å². The van der Waals surface area contributed by atoms with Gasteiger partial charge in [-0.05, 0) is 30.3 Å². The summed E-state index contributed by atoms with van der Waals surface area (Å²) in [5.74, 6) is 2.25. The van der Waals surface area contributed by atoms with E-state index in [1.54, 1.807) is 12.1 Å². The molecule has 5 rings (SSSR count). The van der Waals surface area contributed by atoms with E-state index in [-0.39, 0.29) is 31.3 Å². The third-order valence-corrected chi connectivity index (χ3v) is 5.94. The van der Waals surface area contributed by atoms with Gasteiger partial charge in [0.1, 0.15) is 0 Å². The molecule has 0 unspecified atom stereocenters. The zero-order valence-corrected chi connectivity index (χ0v) is 18.1. The molecule has 0 bridgehead atoms. The Balaban J connectivity index is 1.13. The number of Topliss-reactive ketones (excluding diaryl/α,β-unsaturated/α-hetero) is 1. The molecule has 1 saturated heterocycles. The van der Waals surface area contributed by atoms with Crippen molar-refractivity contribution in [3.63, 3.8) is 0 Å². The second-order valence-electron chi connectivity index (χ2n) is 8.00. The van der Waals surface area contributed by atoms with E-state index in [0.29, 0.717) is 37.5 Å². The number of aromatic nitrogens is 2. The fourth-order valence-corrected chi connectivity index (χ4v) is 4.04. The highest BCUT2D eigenvalue weighted by atomic mass is 16.7. The fourth-order valence-electron chi connectivity index (χ4n) is 4.04. The van der Waals surface area contributed by atoms with E-state index in [4.69, 9.17) is 9.47 Å². The molecule has 0 saturated carbocycles. The molecule has 0 N–H and O–H groups in total. The molecule has 8 heteroatoms. The topological polar surface area (TPSA) is 84.9 Å². The van der Waals surface area contributed by atoms with Crippen LogP contribution in [0.1, 0.15) is 23.2 Å². The quantitative estimate of drug-likeness (QED) is 0.540. The van der Waals surface area contributed by atoms with E-state index in [1.807, 2.05) is 53.4 Å². The predicted molar refractivity (Wildman–Crippen MR) is 122 cm³/mol. The number of rotatable bonds is 6. The lowest BCUT2D eigenvalue weighted by Crippen LogP contribution is -2.49. The summed E-state index contributed by atoms with van der Waals surface area (Å²) in [5, 5.41) is 8.77. The third kappa shape index (κ3) is 4.64. The summed E-state index contributed by atoms with van der Waals surface area (Å²) in [4.78, 5) is 28.8. The van der Waals surface area contributed by atoms with Gasteiger partial charge in [0.05, 0.1) is 5.69 Å². The van der Waals surface area contributed by atoms with Crippen molar-refractivity contribution < 1.29 is 19.1 Å². The monoisotopic (exact) mass is 444 g/mol. The average Bonchev–Trinajstić information content (AvgIpc) is 3.36. The number of anilines is 1. The first-order valence-electron chi connectivity index (χ1n) is 11.0. The molecule has 3 heterocycles. The van der Waals surface area contributed by atoms with Gasteiger partial charge in [0.15, 0.2) is 23.1 Å². The summed E-state index contributed by atoms with van der Waals surface area (Å²) in [6, 6.07) is 18.7. The van der Waals surface area contributed by atoms with Crippen LogP contribution in [0.2, 0.25) is 0 Å². The number of fused-ring (bicyclic) bond motifs is 1. The number of benzene rings is 2. The van der Waals surface area contributed by atoms with Gasteiger partial charge in [-0.2, -0.15) is 0 Å². The van der Waals surface area contributed by atoms with Crippen LogP contribution in [0.25, 0.3) is 11.3 Å². The maximum Gasteiger partial charge on any atom is 0.231 e. The molecule has 0 aliphatic carbocycles. The van der Waals surface area contributed by atoms with E-state index in [0.717, 1.165) is 22.8 Å². The number of ether oxygens (including phenoxy) is 2. The predicted octanol–water partition coefficient (Wildman–Crippen LogP) is 3.18. The molecule has 2 aliphatic rings. The van der Waals surface area contributed by atoms with E-state index in [1.165, 1.54) is 0 Å². The highest BCUT2D eigenvalue weighted by Crippen LogP contribution is 2.35. The van der Waals surface area contributed by atoms with Gasteiger partial charge in [-0.3, -0.25) is 9.59 Å². The minimum Gasteiger partial charge on any atom is -0.454 e. The molecule has 8 nitrogen and oxygen atoms in total. The number of piperazine rings is 1. The molecule has 2 aliphatic heterocycles. The maximum atomic E-state index is 12.6. The molecule has 168 valence electrons. The molecule has 0 spiro atoms. The number of carbonyl (C=O) groups excluding carboxylic acids is 2. The van der Waals surface area contributed by atoms with Crippen LogP contribution < -0.4 is 14.4 Å². The van der Waals surface area contributed by atoms with Crippen molar-refractivity contribution >= 4 is 17.5 Å². The van der Waals surface area contributed by atoms with E-state index in [9.17, 15) is 9.59 Å². The highest BCUT2D eigenvalue weighted by Gasteiger charge is 2.23. The van der Waals surface area contributed by atoms with Gasteiger partial charge >= 0.3 is 0 Å². The zero-order valence-electron chi connectivity index (χ0n) is 18.1. The Hall–Kier alpha value is -3.94. The van der Waals surface area contributed by atoms with Crippen LogP contribution in [0, 0.1) is 0 Å². The van der Waals surface area contributed by atoms with Crippen molar-refractivity contribution in [2.75, 3.05) is 37.9 Å². The number of amides is 1. The zero-order chi connectivity index (χ0) is 22.6. The highest BCUT2D eigenvalue weighted by molar-refractivity contribution is 5.97. The molecule has 1 fully saturated rings. The summed E-state index contributed by atoms with van der Waals surface area (Å²) >= 11 is 0. The van der Waals surface area contributed by atoms with E-state index < -0.39 is 0 Å². The smallest absolute Gasteiger partial charge is 0.231 e. The molecule has 0 radical (unpaired) electrons. The summed E-state index contributed by atoms with van der Waals surface area (Å²) in [6.07, 6.45) is 0.466. The maximum absolute atomic E-state index is 12.6.